The highest BCUT2D eigenvalue weighted by Gasteiger charge is 2.31. The first-order valence-corrected chi connectivity index (χ1v) is 36.8. The summed E-state index contributed by atoms with van der Waals surface area (Å²) in [6.07, 6.45) is -1.89. The van der Waals surface area contributed by atoms with Crippen LogP contribution < -0.4 is 26.6 Å². The van der Waals surface area contributed by atoms with Crippen LogP contribution in [0.1, 0.15) is 176 Å². The molecule has 40 nitrogen and oxygen atoms in total. The maximum Gasteiger partial charge on any atom is 0.408 e. The molecule has 0 aliphatic rings. The summed E-state index contributed by atoms with van der Waals surface area (Å²) in [6, 6.07) is 23.4. The number of nitrogens with zero attached hydrogens (tertiary/aromatic N) is 9. The number of Topliss-reactive ketones (excluding diaryl/α,β-unsaturated/α-hetero) is 4. The summed E-state index contributed by atoms with van der Waals surface area (Å²) in [5, 5.41) is 74.6. The van der Waals surface area contributed by atoms with Gasteiger partial charge in [0.1, 0.15) is 46.1 Å². The molecule has 42 heteroatoms. The molecule has 0 heterocycles. The summed E-state index contributed by atoms with van der Waals surface area (Å²) in [7, 11) is 0. The van der Waals surface area contributed by atoms with Crippen LogP contribution in [0.3, 0.4) is 0 Å². The molecule has 0 bridgehead atoms. The zero-order chi connectivity index (χ0) is 88.8. The van der Waals surface area contributed by atoms with E-state index in [0.29, 0.717) is 40.2 Å². The molecule has 6 N–H and O–H groups in total. The van der Waals surface area contributed by atoms with Gasteiger partial charge in [-0.3, -0.25) is 69.7 Å². The van der Waals surface area contributed by atoms with Gasteiger partial charge in [0.25, 0.3) is 40.0 Å². The largest absolute Gasteiger partial charge is 0.480 e. The van der Waals surface area contributed by atoms with E-state index < -0.39 is 131 Å². The minimum absolute atomic E-state index is 0. The lowest BCUT2D eigenvalue weighted by atomic mass is 10.0. The third-order valence-corrected chi connectivity index (χ3v) is 14.9. The van der Waals surface area contributed by atoms with Gasteiger partial charge in [0.15, 0.2) is 11.6 Å². The first-order valence-electron chi connectivity index (χ1n) is 34.5. The van der Waals surface area contributed by atoms with Crippen molar-refractivity contribution in [1.29, 1.82) is 0 Å². The van der Waals surface area contributed by atoms with Crippen LogP contribution in [-0.4, -0.2) is 180 Å². The molecule has 0 radical (unpaired) electrons. The van der Waals surface area contributed by atoms with E-state index in [2.05, 4.69) is 68.0 Å². The summed E-state index contributed by atoms with van der Waals surface area (Å²) < 4.78 is 25.5. The number of rotatable bonds is 29. The molecule has 0 aliphatic carbocycles. The summed E-state index contributed by atoms with van der Waals surface area (Å²) in [5.74, 6) is -2.92. The zero-order valence-corrected chi connectivity index (χ0v) is 69.1. The number of carboxylic acid groups (broad SMARTS) is 1. The summed E-state index contributed by atoms with van der Waals surface area (Å²) >= 11 is 6.16. The average molecular weight is 1850 g/mol. The lowest BCUT2D eigenvalue weighted by Gasteiger charge is -2.23. The van der Waals surface area contributed by atoms with E-state index in [1.807, 2.05) is 0 Å². The fourth-order valence-electron chi connectivity index (χ4n) is 8.81. The second-order valence-corrected chi connectivity index (χ2v) is 30.6. The SMILES string of the molecule is C.C.C.C.C.C.CC(C)(C)OC(=O)N[C@@H](Cc1ccc([N+](=O)[O-])cc1)C(=O)C=[N+]=[N-].CC(C)(C)OC(=O)N[C@@H](Cc1ccc([N+](=O)[O-])cc1)C(=O)C=[N+]=[N-].CC(C)(C)OC(=O)N[C@@H](Cc1ccc([N+](=O)[O-])cc1)C(=O)CBr.CC(C)(C)OC(=O)N[C@@H](Cc1ccc([N+](=O)[O-])cc1)C(=O)CBr.CC(C)(C)OC(=O)N[C@@H](Cc1ccc([N+](=O)[O-])cc1)C(=O)O. The highest BCUT2D eigenvalue weighted by Crippen LogP contribution is 2.21. The van der Waals surface area contributed by atoms with Gasteiger partial charge in [-0.05, 0) is 145 Å². The Bertz CT molecular complexity index is 4130. The Kier molecular flexibility index (Phi) is 55.9. The molecule has 5 aromatic rings. The molecule has 0 saturated carbocycles. The zero-order valence-electron chi connectivity index (χ0n) is 66.0. The van der Waals surface area contributed by atoms with Crippen LogP contribution in [0.4, 0.5) is 52.4 Å². The van der Waals surface area contributed by atoms with E-state index in [4.69, 9.17) is 39.9 Å². The topological polar surface area (TPSA) is 586 Å². The number of carbonyl (C=O) groups is 10. The van der Waals surface area contributed by atoms with E-state index in [1.54, 1.807) is 128 Å². The van der Waals surface area contributed by atoms with Crippen LogP contribution in [0.25, 0.3) is 11.1 Å². The van der Waals surface area contributed by atoms with Crippen LogP contribution >= 0.6 is 31.9 Å². The Labute approximate surface area is 726 Å². The molecule has 122 heavy (non-hydrogen) atoms. The van der Waals surface area contributed by atoms with Crippen molar-refractivity contribution in [2.75, 3.05) is 10.7 Å². The maximum atomic E-state index is 12.0. The highest BCUT2D eigenvalue weighted by molar-refractivity contribution is 9.09. The van der Waals surface area contributed by atoms with Crippen LogP contribution in [0.15, 0.2) is 121 Å². The molecule has 0 unspecified atom stereocenters. The quantitative estimate of drug-likeness (QED) is 0.00492. The number of non-ortho nitro benzene ring substituents is 5. The number of alkyl carbamates (subject to hydrolysis) is 5. The van der Waals surface area contributed by atoms with Gasteiger partial charge in [-0.2, -0.15) is 9.58 Å². The van der Waals surface area contributed by atoms with E-state index in [0.717, 1.165) is 0 Å². The van der Waals surface area contributed by atoms with Crippen molar-refractivity contribution in [3.05, 3.63) is 211 Å². The molecule has 0 saturated heterocycles. The summed E-state index contributed by atoms with van der Waals surface area (Å²) in [6.45, 7) is 25.4. The van der Waals surface area contributed by atoms with Crippen LogP contribution in [0, 0.1) is 50.6 Å². The summed E-state index contributed by atoms with van der Waals surface area (Å²) in [4.78, 5) is 174. The summed E-state index contributed by atoms with van der Waals surface area (Å²) in [5.41, 5.74) is 16.3. The van der Waals surface area contributed by atoms with Crippen molar-refractivity contribution in [2.45, 2.75) is 239 Å². The number of ether oxygens (including phenoxy) is 5. The van der Waals surface area contributed by atoms with Gasteiger partial charge in [0.2, 0.25) is 0 Å². The number of carbonyl (C=O) groups excluding carboxylic acids is 9. The number of hydrogen-bond acceptors (Lipinski definition) is 25. The molecule has 5 atom stereocenters. The van der Waals surface area contributed by atoms with Gasteiger partial charge < -0.3 is 66.4 Å². The monoisotopic (exact) mass is 1850 g/mol. The Morgan fingerprint density at radius 1 is 0.336 bits per heavy atom. The third kappa shape index (κ3) is 52.3. The first-order chi connectivity index (χ1) is 53.6. The Morgan fingerprint density at radius 2 is 0.492 bits per heavy atom. The smallest absolute Gasteiger partial charge is 0.408 e. The minimum Gasteiger partial charge on any atom is -0.480 e. The number of carboxylic acids is 1. The molecule has 5 aromatic carbocycles. The highest BCUT2D eigenvalue weighted by atomic mass is 79.9. The molecule has 0 aliphatic heterocycles. The van der Waals surface area contributed by atoms with Crippen molar-refractivity contribution in [1.82, 2.24) is 26.6 Å². The van der Waals surface area contributed by atoms with Gasteiger partial charge in [0, 0.05) is 79.9 Å². The average Bonchev–Trinajstić information content (AvgIpc) is 0.872. The minimum atomic E-state index is -1.22. The lowest BCUT2D eigenvalue weighted by molar-refractivity contribution is -0.385. The van der Waals surface area contributed by atoms with Crippen molar-refractivity contribution in [2.24, 2.45) is 0 Å². The lowest BCUT2D eigenvalue weighted by Crippen LogP contribution is -2.45. The van der Waals surface area contributed by atoms with E-state index in [9.17, 15) is 98.5 Å². The van der Waals surface area contributed by atoms with Gasteiger partial charge >= 0.3 is 48.9 Å². The number of hydrogen-bond donors (Lipinski definition) is 6. The molecule has 0 aromatic heterocycles. The van der Waals surface area contributed by atoms with Crippen molar-refractivity contribution < 1.29 is 111 Å². The number of amides is 5. The molecule has 676 valence electrons. The molecule has 5 amide bonds. The number of nitro groups is 5. The third-order valence-electron chi connectivity index (χ3n) is 13.8. The van der Waals surface area contributed by atoms with Crippen LogP contribution in [0.5, 0.6) is 0 Å². The number of nitrogens with one attached hydrogen (secondary N) is 5. The van der Waals surface area contributed by atoms with Crippen molar-refractivity contribution in [3.63, 3.8) is 0 Å². The molecular formula is C80H116Br2N14O26. The number of nitro benzene ring substituents is 5. The number of ketones is 4. The van der Waals surface area contributed by atoms with Crippen LogP contribution in [-0.2, 0) is 79.8 Å². The fraction of sp³-hybridized carbons (Fsp3) is 0.475. The Morgan fingerprint density at radius 3 is 0.639 bits per heavy atom. The Balaban J connectivity index is -0.000000341. The van der Waals surface area contributed by atoms with E-state index >= 15 is 0 Å². The fourth-order valence-corrected chi connectivity index (χ4v) is 9.59. The van der Waals surface area contributed by atoms with Crippen molar-refractivity contribution in [3.8, 4) is 0 Å². The van der Waals surface area contributed by atoms with Crippen molar-refractivity contribution >= 4 is 132 Å². The Hall–Kier alpha value is -12.7. The second-order valence-electron chi connectivity index (χ2n) is 29.5. The first kappa shape index (κ1) is 120. The maximum absolute atomic E-state index is 12.0. The van der Waals surface area contributed by atoms with Crippen LogP contribution in [0.2, 0.25) is 0 Å². The van der Waals surface area contributed by atoms with Gasteiger partial charge in [-0.1, -0.05) is 137 Å². The predicted molar refractivity (Wildman–Crippen MR) is 465 cm³/mol. The standard InChI is InChI=1S/2C15H19BrN2O5.2C15H18N4O5.C14H18N2O6.6CH4/c2*1-15(2,3)23-14(20)17-12(13(19)9-16)8-10-4-6-11(7-5-10)18(21)22;2*1-15(2,3)24-14(21)18-12(13(20)9-17-16)8-10-4-6-11(7-5-10)19(22)23;1-14(2,3)22-13(19)15-11(12(17)18)8-9-4-6-10(7-5-9)16(20)21;;;;;;/h2*4-7,12H,8-9H2,1-3H3,(H,17,20);2*4-7,9,12H,8H2,1-3H3,(H,18,21);4-7,11H,8H2,1-3H3,(H,15,19)(H,17,18);6*1H4/t4*12-;11-;;;;;;/m00000....../s1. The normalized spacial score (nSPS) is 11.5. The van der Waals surface area contributed by atoms with Gasteiger partial charge in [-0.25, -0.2) is 28.8 Å². The predicted octanol–water partition coefficient (Wildman–Crippen LogP) is 15.7. The van der Waals surface area contributed by atoms with Gasteiger partial charge in [0.05, 0.1) is 47.4 Å². The number of halogens is 2. The number of alkyl halides is 2. The number of benzene rings is 5. The molecular weight excluding hydrogens is 1730 g/mol. The number of aliphatic carboxylic acids is 1. The van der Waals surface area contributed by atoms with E-state index in [-0.39, 0.29) is 127 Å². The van der Waals surface area contributed by atoms with Gasteiger partial charge in [-0.15, -0.1) is 0 Å². The molecule has 0 fully saturated rings. The second kappa shape index (κ2) is 56.7. The van der Waals surface area contributed by atoms with E-state index in [1.165, 1.54) is 97.1 Å². The molecule has 0 spiro atoms. The molecule has 5 rings (SSSR count).